The number of amides is 1. The zero-order valence-electron chi connectivity index (χ0n) is 19.6. The van der Waals surface area contributed by atoms with Crippen molar-refractivity contribution in [3.8, 4) is 11.5 Å². The summed E-state index contributed by atoms with van der Waals surface area (Å²) < 4.78 is 25.6. The van der Waals surface area contributed by atoms with Gasteiger partial charge in [0.25, 0.3) is 5.91 Å². The third-order valence-corrected chi connectivity index (χ3v) is 6.59. The van der Waals surface area contributed by atoms with Crippen molar-refractivity contribution in [2.75, 3.05) is 31.1 Å². The first-order chi connectivity index (χ1) is 17.2. The molecule has 0 saturated carbocycles. The van der Waals surface area contributed by atoms with Crippen molar-refractivity contribution in [2.45, 2.75) is 31.5 Å². The molecule has 0 radical (unpaired) electrons. The second-order valence-electron chi connectivity index (χ2n) is 8.99. The summed E-state index contributed by atoms with van der Waals surface area (Å²) in [6, 6.07) is 22.3. The Bertz CT molecular complexity index is 1150. The van der Waals surface area contributed by atoms with Crippen LogP contribution in [0.2, 0.25) is 0 Å². The molecule has 1 atom stereocenters. The summed E-state index contributed by atoms with van der Waals surface area (Å²) in [5, 5.41) is 6.43. The fraction of sp³-hybridized carbons (Fsp3) is 0.321. The summed E-state index contributed by atoms with van der Waals surface area (Å²) in [5.74, 6) is 1.10. The molecule has 5 rings (SSSR count). The predicted molar refractivity (Wildman–Crippen MR) is 134 cm³/mol. The van der Waals surface area contributed by atoms with Gasteiger partial charge in [-0.15, -0.1) is 0 Å². The van der Waals surface area contributed by atoms with Crippen LogP contribution in [0, 0.1) is 5.82 Å². The Balaban J connectivity index is 1.06. The lowest BCUT2D eigenvalue weighted by molar-refractivity contribution is 0.0873. The van der Waals surface area contributed by atoms with Crippen molar-refractivity contribution in [3.63, 3.8) is 0 Å². The SMILES string of the molecule is O=C(NCc1ccccc1F)c1ccc(N2CCC(NCC3COc4ccccc4O3)CC2)cc1. The number of carbonyl (C=O) groups is 1. The molecule has 182 valence electrons. The molecule has 7 heteroatoms. The number of hydrogen-bond acceptors (Lipinski definition) is 5. The monoisotopic (exact) mass is 475 g/mol. The van der Waals surface area contributed by atoms with Gasteiger partial charge in [0.05, 0.1) is 0 Å². The van der Waals surface area contributed by atoms with E-state index in [1.807, 2.05) is 48.5 Å². The standard InChI is InChI=1S/C28H30FN3O3/c29-25-6-2-1-5-21(25)17-31-28(33)20-9-11-23(12-10-20)32-15-13-22(14-16-32)30-18-24-19-34-26-7-3-4-8-27(26)35-24/h1-12,22,24,30H,13-19H2,(H,31,33). The van der Waals surface area contributed by atoms with Crippen LogP contribution in [0.4, 0.5) is 10.1 Å². The van der Waals surface area contributed by atoms with Gasteiger partial charge in [-0.25, -0.2) is 4.39 Å². The van der Waals surface area contributed by atoms with E-state index in [4.69, 9.17) is 9.47 Å². The molecule has 2 heterocycles. The van der Waals surface area contributed by atoms with E-state index in [9.17, 15) is 9.18 Å². The summed E-state index contributed by atoms with van der Waals surface area (Å²) in [7, 11) is 0. The Morgan fingerprint density at radius 1 is 0.943 bits per heavy atom. The minimum atomic E-state index is -0.314. The topological polar surface area (TPSA) is 62.8 Å². The van der Waals surface area contributed by atoms with Crippen LogP contribution in [0.5, 0.6) is 11.5 Å². The van der Waals surface area contributed by atoms with Crippen molar-refractivity contribution >= 4 is 11.6 Å². The normalized spacial score (nSPS) is 17.7. The fourth-order valence-corrected chi connectivity index (χ4v) is 4.55. The predicted octanol–water partition coefficient (Wildman–Crippen LogP) is 4.15. The lowest BCUT2D eigenvalue weighted by Crippen LogP contribution is -2.47. The van der Waals surface area contributed by atoms with Crippen LogP contribution in [0.1, 0.15) is 28.8 Å². The molecular formula is C28H30FN3O3. The quantitative estimate of drug-likeness (QED) is 0.538. The van der Waals surface area contributed by atoms with Gasteiger partial charge in [-0.05, 0) is 55.3 Å². The molecular weight excluding hydrogens is 445 g/mol. The highest BCUT2D eigenvalue weighted by Gasteiger charge is 2.24. The summed E-state index contributed by atoms with van der Waals surface area (Å²) in [4.78, 5) is 14.8. The molecule has 0 aliphatic carbocycles. The molecule has 6 nitrogen and oxygen atoms in total. The molecule has 2 aliphatic rings. The molecule has 1 unspecified atom stereocenters. The minimum Gasteiger partial charge on any atom is -0.486 e. The second kappa shape index (κ2) is 10.8. The van der Waals surface area contributed by atoms with Crippen LogP contribution in [-0.4, -0.2) is 44.3 Å². The Kier molecular flexibility index (Phi) is 7.14. The van der Waals surface area contributed by atoms with E-state index < -0.39 is 0 Å². The summed E-state index contributed by atoms with van der Waals surface area (Å²) >= 11 is 0. The van der Waals surface area contributed by atoms with Crippen LogP contribution in [0.3, 0.4) is 0 Å². The number of fused-ring (bicyclic) bond motifs is 1. The fourth-order valence-electron chi connectivity index (χ4n) is 4.55. The average Bonchev–Trinajstić information content (AvgIpc) is 2.91. The number of piperidine rings is 1. The summed E-state index contributed by atoms with van der Waals surface area (Å²) in [5.41, 5.74) is 2.15. The molecule has 3 aromatic carbocycles. The number of ether oxygens (including phenoxy) is 2. The van der Waals surface area contributed by atoms with Gasteiger partial charge < -0.3 is 25.0 Å². The van der Waals surface area contributed by atoms with Gasteiger partial charge in [0.15, 0.2) is 11.5 Å². The van der Waals surface area contributed by atoms with Gasteiger partial charge in [-0.1, -0.05) is 30.3 Å². The van der Waals surface area contributed by atoms with Gasteiger partial charge in [0.1, 0.15) is 18.5 Å². The van der Waals surface area contributed by atoms with Crippen molar-refractivity contribution in [2.24, 2.45) is 0 Å². The number of para-hydroxylation sites is 2. The van der Waals surface area contributed by atoms with Gasteiger partial charge in [-0.2, -0.15) is 0 Å². The molecule has 2 N–H and O–H groups in total. The smallest absolute Gasteiger partial charge is 0.251 e. The number of rotatable bonds is 7. The van der Waals surface area contributed by atoms with Crippen molar-refractivity contribution in [1.82, 2.24) is 10.6 Å². The molecule has 0 bridgehead atoms. The second-order valence-corrected chi connectivity index (χ2v) is 8.99. The van der Waals surface area contributed by atoms with Gasteiger partial charge in [0.2, 0.25) is 0 Å². The number of anilines is 1. The highest BCUT2D eigenvalue weighted by atomic mass is 19.1. The third kappa shape index (κ3) is 5.74. The average molecular weight is 476 g/mol. The molecule has 3 aromatic rings. The lowest BCUT2D eigenvalue weighted by Gasteiger charge is -2.35. The van der Waals surface area contributed by atoms with E-state index in [-0.39, 0.29) is 24.4 Å². The highest BCUT2D eigenvalue weighted by Crippen LogP contribution is 2.30. The maximum atomic E-state index is 13.8. The first-order valence-corrected chi connectivity index (χ1v) is 12.1. The largest absolute Gasteiger partial charge is 0.486 e. The van der Waals surface area contributed by atoms with Crippen molar-refractivity contribution < 1.29 is 18.7 Å². The molecule has 35 heavy (non-hydrogen) atoms. The van der Waals surface area contributed by atoms with E-state index >= 15 is 0 Å². The van der Waals surface area contributed by atoms with Crippen molar-refractivity contribution in [3.05, 3.63) is 89.7 Å². The summed E-state index contributed by atoms with van der Waals surface area (Å²) in [6.45, 7) is 3.37. The highest BCUT2D eigenvalue weighted by molar-refractivity contribution is 5.94. The van der Waals surface area contributed by atoms with Crippen LogP contribution in [0.15, 0.2) is 72.8 Å². The van der Waals surface area contributed by atoms with Crippen molar-refractivity contribution in [1.29, 1.82) is 0 Å². The number of carbonyl (C=O) groups excluding carboxylic acids is 1. The van der Waals surface area contributed by atoms with Crippen LogP contribution < -0.4 is 25.0 Å². The van der Waals surface area contributed by atoms with E-state index in [2.05, 4.69) is 15.5 Å². The Hall–Kier alpha value is -3.58. The number of hydrogen-bond donors (Lipinski definition) is 2. The Labute approximate surface area is 205 Å². The lowest BCUT2D eigenvalue weighted by atomic mass is 10.0. The maximum Gasteiger partial charge on any atom is 0.251 e. The van der Waals surface area contributed by atoms with Gasteiger partial charge >= 0.3 is 0 Å². The molecule has 0 spiro atoms. The number of nitrogens with one attached hydrogen (secondary N) is 2. The zero-order valence-corrected chi connectivity index (χ0v) is 19.6. The number of halogens is 1. The van der Waals surface area contributed by atoms with Gasteiger partial charge in [-0.3, -0.25) is 4.79 Å². The number of benzene rings is 3. The Morgan fingerprint density at radius 2 is 1.66 bits per heavy atom. The first kappa shape index (κ1) is 23.2. The Morgan fingerprint density at radius 3 is 2.43 bits per heavy atom. The van der Waals surface area contributed by atoms with E-state index in [0.717, 1.165) is 49.7 Å². The number of nitrogens with zero attached hydrogens (tertiary/aromatic N) is 1. The zero-order chi connectivity index (χ0) is 24.0. The third-order valence-electron chi connectivity index (χ3n) is 6.59. The molecule has 1 saturated heterocycles. The van der Waals surface area contributed by atoms with E-state index in [1.54, 1.807) is 18.2 Å². The summed E-state index contributed by atoms with van der Waals surface area (Å²) in [6.07, 6.45) is 2.09. The van der Waals surface area contributed by atoms with Gasteiger partial charge in [0, 0.05) is 49.0 Å². The van der Waals surface area contributed by atoms with E-state index in [1.165, 1.54) is 6.07 Å². The minimum absolute atomic E-state index is 0.0139. The first-order valence-electron chi connectivity index (χ1n) is 12.1. The van der Waals surface area contributed by atoms with Crippen LogP contribution in [0.25, 0.3) is 0 Å². The molecule has 0 aromatic heterocycles. The maximum absolute atomic E-state index is 13.8. The van der Waals surface area contributed by atoms with E-state index in [0.29, 0.717) is 23.8 Å². The molecule has 1 fully saturated rings. The van der Waals surface area contributed by atoms with Crippen LogP contribution in [-0.2, 0) is 6.54 Å². The molecule has 2 aliphatic heterocycles. The van der Waals surface area contributed by atoms with Crippen LogP contribution >= 0.6 is 0 Å². The molecule has 1 amide bonds.